The molecule has 0 N–H and O–H groups in total. The van der Waals surface area contributed by atoms with Gasteiger partial charge in [-0.2, -0.15) is 0 Å². The van der Waals surface area contributed by atoms with Crippen LogP contribution in [0.15, 0.2) is 35.8 Å². The third-order valence-electron chi connectivity index (χ3n) is 1.38. The van der Waals surface area contributed by atoms with Crippen LogP contribution in [0.2, 0.25) is 0 Å². The van der Waals surface area contributed by atoms with Crippen molar-refractivity contribution in [3.63, 3.8) is 0 Å². The molecule has 0 saturated heterocycles. The summed E-state index contributed by atoms with van der Waals surface area (Å²) in [5.74, 6) is 0. The lowest BCUT2D eigenvalue weighted by Crippen LogP contribution is -1.75. The quantitative estimate of drug-likeness (QED) is 0.625. The van der Waals surface area contributed by atoms with E-state index in [1.807, 2.05) is 17.5 Å². The minimum atomic E-state index is 1.00. The molecule has 1 radical (unpaired) electrons. The van der Waals surface area contributed by atoms with Gasteiger partial charge < -0.3 is 0 Å². The Bertz CT molecular complexity index is 313. The van der Waals surface area contributed by atoms with Crippen molar-refractivity contribution in [2.75, 3.05) is 0 Å². The van der Waals surface area contributed by atoms with Crippen LogP contribution < -0.4 is 0 Å². The molecule has 53 valence electrons. The molecule has 1 nitrogen and oxygen atoms in total. The fourth-order valence-corrected chi connectivity index (χ4v) is 1.58. The topological polar surface area (TPSA) is 12.9 Å². The van der Waals surface area contributed by atoms with Crippen LogP contribution >= 0.6 is 11.3 Å². The second kappa shape index (κ2) is 2.84. The van der Waals surface area contributed by atoms with Gasteiger partial charge in [-0.3, -0.25) is 4.98 Å². The average Bonchev–Trinajstić information content (AvgIpc) is 2.58. The van der Waals surface area contributed by atoms with Gasteiger partial charge >= 0.3 is 0 Å². The van der Waals surface area contributed by atoms with E-state index in [-0.39, 0.29) is 0 Å². The first-order chi connectivity index (χ1) is 5.47. The van der Waals surface area contributed by atoms with E-state index >= 15 is 0 Å². The lowest BCUT2D eigenvalue weighted by Gasteiger charge is -1.91. The first-order valence-electron chi connectivity index (χ1n) is 3.33. The van der Waals surface area contributed by atoms with Crippen molar-refractivity contribution < 1.29 is 0 Å². The highest BCUT2D eigenvalue weighted by Gasteiger charge is 1.96. The van der Waals surface area contributed by atoms with E-state index in [4.69, 9.17) is 0 Å². The molecule has 2 aromatic rings. The van der Waals surface area contributed by atoms with E-state index < -0.39 is 0 Å². The summed E-state index contributed by atoms with van der Waals surface area (Å²) in [6.07, 6.45) is 1.76. The summed E-state index contributed by atoms with van der Waals surface area (Å²) in [5, 5.41) is 2.05. The third-order valence-corrected chi connectivity index (χ3v) is 2.27. The zero-order chi connectivity index (χ0) is 7.52. The van der Waals surface area contributed by atoms with Crippen LogP contribution in [-0.4, -0.2) is 4.98 Å². The highest BCUT2D eigenvalue weighted by atomic mass is 32.1. The van der Waals surface area contributed by atoms with Crippen LogP contribution in [0.1, 0.15) is 0 Å². The summed E-state index contributed by atoms with van der Waals surface area (Å²) in [5.41, 5.74) is 1.00. The second-order valence-corrected chi connectivity index (χ2v) is 3.07. The average molecular weight is 160 g/mol. The third kappa shape index (κ3) is 1.30. The molecular weight excluding hydrogens is 154 g/mol. The Morgan fingerprint density at radius 2 is 2.45 bits per heavy atom. The van der Waals surface area contributed by atoms with Gasteiger partial charge in [-0.25, -0.2) is 0 Å². The van der Waals surface area contributed by atoms with Crippen molar-refractivity contribution in [2.45, 2.75) is 0 Å². The molecule has 11 heavy (non-hydrogen) atoms. The largest absolute Gasteiger partial charge is 0.255 e. The monoisotopic (exact) mass is 160 g/mol. The van der Waals surface area contributed by atoms with Crippen LogP contribution in [0.3, 0.4) is 0 Å². The summed E-state index contributed by atoms with van der Waals surface area (Å²) < 4.78 is 0. The van der Waals surface area contributed by atoms with Crippen LogP contribution in [0, 0.1) is 6.07 Å². The van der Waals surface area contributed by atoms with Crippen molar-refractivity contribution >= 4 is 11.3 Å². The van der Waals surface area contributed by atoms with E-state index in [0.29, 0.717) is 0 Å². The van der Waals surface area contributed by atoms with Crippen LogP contribution in [-0.2, 0) is 0 Å². The van der Waals surface area contributed by atoms with Crippen molar-refractivity contribution in [3.05, 3.63) is 41.9 Å². The Morgan fingerprint density at radius 1 is 1.45 bits per heavy atom. The highest BCUT2D eigenvalue weighted by Crippen LogP contribution is 2.21. The summed E-state index contributed by atoms with van der Waals surface area (Å²) in [6.45, 7) is 0. The summed E-state index contributed by atoms with van der Waals surface area (Å²) in [6, 6.07) is 10.8. The maximum atomic E-state index is 4.20. The van der Waals surface area contributed by atoms with Crippen LogP contribution in [0.25, 0.3) is 10.6 Å². The SMILES string of the molecule is [c]1ccnc(-c2cccs2)c1. The number of pyridine rings is 1. The fraction of sp³-hybridized carbons (Fsp3) is 0. The lowest BCUT2D eigenvalue weighted by atomic mass is 10.3. The Hall–Kier alpha value is -1.15. The van der Waals surface area contributed by atoms with Crippen molar-refractivity contribution in [1.29, 1.82) is 0 Å². The van der Waals surface area contributed by atoms with E-state index in [2.05, 4.69) is 17.1 Å². The zero-order valence-electron chi connectivity index (χ0n) is 5.82. The van der Waals surface area contributed by atoms with Gasteiger partial charge in [0.05, 0.1) is 10.6 Å². The smallest absolute Gasteiger partial charge is 0.0807 e. The minimum absolute atomic E-state index is 1.00. The Morgan fingerprint density at radius 3 is 3.09 bits per heavy atom. The summed E-state index contributed by atoms with van der Waals surface area (Å²) in [7, 11) is 0. The number of hydrogen-bond donors (Lipinski definition) is 0. The van der Waals surface area contributed by atoms with Crippen molar-refractivity contribution in [1.82, 2.24) is 4.98 Å². The van der Waals surface area contributed by atoms with Crippen LogP contribution in [0.4, 0.5) is 0 Å². The molecule has 0 aliphatic rings. The van der Waals surface area contributed by atoms with E-state index in [9.17, 15) is 0 Å². The number of thiophene rings is 1. The molecule has 0 unspecified atom stereocenters. The molecule has 2 aromatic heterocycles. The van der Waals surface area contributed by atoms with Crippen LogP contribution in [0.5, 0.6) is 0 Å². The Labute approximate surface area is 69.3 Å². The van der Waals surface area contributed by atoms with Crippen molar-refractivity contribution in [2.24, 2.45) is 0 Å². The second-order valence-electron chi connectivity index (χ2n) is 2.12. The predicted octanol–water partition coefficient (Wildman–Crippen LogP) is 2.61. The molecule has 0 aliphatic heterocycles. The standard InChI is InChI=1S/C9H6NS/c1-2-6-10-8(4-1)9-5-3-7-11-9/h2-7H. The molecule has 0 amide bonds. The maximum Gasteiger partial charge on any atom is 0.0807 e. The van der Waals surface area contributed by atoms with E-state index in [1.165, 1.54) is 4.88 Å². The predicted molar refractivity (Wildman–Crippen MR) is 46.4 cm³/mol. The van der Waals surface area contributed by atoms with Gasteiger partial charge in [0.1, 0.15) is 0 Å². The Balaban J connectivity index is 2.46. The van der Waals surface area contributed by atoms with Gasteiger partial charge in [0.25, 0.3) is 0 Å². The van der Waals surface area contributed by atoms with Gasteiger partial charge in [-0.05, 0) is 29.6 Å². The summed E-state index contributed by atoms with van der Waals surface area (Å²) >= 11 is 1.69. The van der Waals surface area contributed by atoms with Gasteiger partial charge in [0.2, 0.25) is 0 Å². The molecule has 0 aliphatic carbocycles. The minimum Gasteiger partial charge on any atom is -0.255 e. The highest BCUT2D eigenvalue weighted by molar-refractivity contribution is 7.13. The van der Waals surface area contributed by atoms with Gasteiger partial charge in [-0.1, -0.05) is 6.07 Å². The molecule has 0 fully saturated rings. The molecule has 2 heterocycles. The number of nitrogens with zero attached hydrogens (tertiary/aromatic N) is 1. The molecule has 2 heteroatoms. The zero-order valence-corrected chi connectivity index (χ0v) is 6.64. The molecule has 0 aromatic carbocycles. The summed E-state index contributed by atoms with van der Waals surface area (Å²) in [4.78, 5) is 5.40. The molecule has 0 spiro atoms. The molecule has 0 saturated carbocycles. The molecule has 0 bridgehead atoms. The molecular formula is C9H6NS. The van der Waals surface area contributed by atoms with Gasteiger partial charge in [-0.15, -0.1) is 11.3 Å². The molecule has 0 atom stereocenters. The Kier molecular flexibility index (Phi) is 1.69. The first kappa shape index (κ1) is 6.55. The lowest BCUT2D eigenvalue weighted by molar-refractivity contribution is 1.34. The normalized spacial score (nSPS) is 9.82. The first-order valence-corrected chi connectivity index (χ1v) is 4.21. The van der Waals surface area contributed by atoms with Crippen molar-refractivity contribution in [3.8, 4) is 10.6 Å². The number of hydrogen-bond acceptors (Lipinski definition) is 2. The number of rotatable bonds is 1. The maximum absolute atomic E-state index is 4.20. The van der Waals surface area contributed by atoms with E-state index in [1.54, 1.807) is 23.6 Å². The fourth-order valence-electron chi connectivity index (χ4n) is 0.884. The van der Waals surface area contributed by atoms with Gasteiger partial charge in [0.15, 0.2) is 0 Å². The number of aromatic nitrogens is 1. The van der Waals surface area contributed by atoms with E-state index in [0.717, 1.165) is 5.69 Å². The van der Waals surface area contributed by atoms with Gasteiger partial charge in [0, 0.05) is 6.20 Å². The molecule has 2 rings (SSSR count).